The molecule has 3 rings (SSSR count). The van der Waals surface area contributed by atoms with E-state index in [1.165, 1.54) is 11.1 Å². The van der Waals surface area contributed by atoms with E-state index in [4.69, 9.17) is 4.42 Å². The molecule has 0 N–H and O–H groups in total. The number of hydrogen-bond acceptors (Lipinski definition) is 3. The van der Waals surface area contributed by atoms with Crippen LogP contribution in [-0.4, -0.2) is 10.2 Å². The Labute approximate surface area is 118 Å². The second-order valence-corrected chi connectivity index (χ2v) is 4.83. The van der Waals surface area contributed by atoms with Crippen LogP contribution in [-0.2, 0) is 6.42 Å². The Kier molecular flexibility index (Phi) is 3.33. The largest absolute Gasteiger partial charge is 0.416 e. The summed E-state index contributed by atoms with van der Waals surface area (Å²) in [5, 5.41) is 8.24. The number of aromatic nitrogens is 2. The van der Waals surface area contributed by atoms with Crippen LogP contribution in [0, 0.1) is 6.92 Å². The average molecular weight is 264 g/mol. The van der Waals surface area contributed by atoms with Gasteiger partial charge in [-0.05, 0) is 43.2 Å². The maximum atomic E-state index is 5.75. The van der Waals surface area contributed by atoms with Gasteiger partial charge in [-0.15, -0.1) is 10.2 Å². The van der Waals surface area contributed by atoms with Gasteiger partial charge < -0.3 is 4.42 Å². The molecule has 1 aromatic heterocycles. The lowest BCUT2D eigenvalue weighted by Crippen LogP contribution is -1.81. The van der Waals surface area contributed by atoms with Gasteiger partial charge in [0.2, 0.25) is 11.8 Å². The van der Waals surface area contributed by atoms with Gasteiger partial charge in [-0.25, -0.2) is 0 Å². The first-order valence-electron chi connectivity index (χ1n) is 6.76. The highest BCUT2D eigenvalue weighted by Gasteiger charge is 2.10. The fourth-order valence-electron chi connectivity index (χ4n) is 2.04. The van der Waals surface area contributed by atoms with Gasteiger partial charge >= 0.3 is 0 Å². The van der Waals surface area contributed by atoms with E-state index < -0.39 is 0 Å². The Morgan fingerprint density at radius 2 is 1.30 bits per heavy atom. The molecule has 0 saturated carbocycles. The third kappa shape index (κ3) is 2.48. The van der Waals surface area contributed by atoms with E-state index >= 15 is 0 Å². The SMILES string of the molecule is CCc1ccc(-c2nnc(-c3ccc(C)cc3)o2)cc1. The van der Waals surface area contributed by atoms with Crippen LogP contribution in [0.4, 0.5) is 0 Å². The molecule has 100 valence electrons. The molecular weight excluding hydrogens is 248 g/mol. The highest BCUT2D eigenvalue weighted by molar-refractivity contribution is 5.58. The lowest BCUT2D eigenvalue weighted by molar-refractivity contribution is 0.584. The molecule has 3 aromatic rings. The second-order valence-electron chi connectivity index (χ2n) is 4.83. The highest BCUT2D eigenvalue weighted by Crippen LogP contribution is 2.24. The van der Waals surface area contributed by atoms with Crippen molar-refractivity contribution in [3.8, 4) is 22.9 Å². The normalized spacial score (nSPS) is 10.7. The number of nitrogens with zero attached hydrogens (tertiary/aromatic N) is 2. The number of rotatable bonds is 3. The summed E-state index contributed by atoms with van der Waals surface area (Å²) in [5.41, 5.74) is 4.41. The van der Waals surface area contributed by atoms with E-state index in [1.54, 1.807) is 0 Å². The van der Waals surface area contributed by atoms with Crippen molar-refractivity contribution in [2.75, 3.05) is 0 Å². The zero-order chi connectivity index (χ0) is 13.9. The molecule has 1 heterocycles. The summed E-state index contributed by atoms with van der Waals surface area (Å²) in [6.45, 7) is 4.19. The Morgan fingerprint density at radius 3 is 1.80 bits per heavy atom. The molecule has 0 unspecified atom stereocenters. The monoisotopic (exact) mass is 264 g/mol. The van der Waals surface area contributed by atoms with Crippen LogP contribution >= 0.6 is 0 Å². The first-order valence-corrected chi connectivity index (χ1v) is 6.76. The summed E-state index contributed by atoms with van der Waals surface area (Å²) in [7, 11) is 0. The van der Waals surface area contributed by atoms with E-state index in [9.17, 15) is 0 Å². The quantitative estimate of drug-likeness (QED) is 0.709. The molecule has 3 heteroatoms. The van der Waals surface area contributed by atoms with Crippen molar-refractivity contribution in [1.29, 1.82) is 0 Å². The summed E-state index contributed by atoms with van der Waals surface area (Å²) in [6, 6.07) is 16.3. The van der Waals surface area contributed by atoms with Crippen LogP contribution in [0.3, 0.4) is 0 Å². The van der Waals surface area contributed by atoms with Gasteiger partial charge in [0, 0.05) is 11.1 Å². The van der Waals surface area contributed by atoms with Crippen molar-refractivity contribution in [2.45, 2.75) is 20.3 Å². The zero-order valence-corrected chi connectivity index (χ0v) is 11.6. The lowest BCUT2D eigenvalue weighted by atomic mass is 10.1. The fraction of sp³-hybridized carbons (Fsp3) is 0.176. The smallest absolute Gasteiger partial charge is 0.248 e. The van der Waals surface area contributed by atoms with Crippen molar-refractivity contribution >= 4 is 0 Å². The predicted molar refractivity (Wildman–Crippen MR) is 79.3 cm³/mol. The molecule has 2 aromatic carbocycles. The van der Waals surface area contributed by atoms with Crippen LogP contribution < -0.4 is 0 Å². The third-order valence-electron chi connectivity index (χ3n) is 3.33. The predicted octanol–water partition coefficient (Wildman–Crippen LogP) is 4.27. The van der Waals surface area contributed by atoms with Crippen molar-refractivity contribution < 1.29 is 4.42 Å². The molecule has 0 spiro atoms. The molecule has 0 saturated heterocycles. The Bertz CT molecular complexity index is 697. The molecule has 0 atom stereocenters. The Morgan fingerprint density at radius 1 is 0.800 bits per heavy atom. The lowest BCUT2D eigenvalue weighted by Gasteiger charge is -1.98. The molecule has 0 aliphatic rings. The van der Waals surface area contributed by atoms with Crippen molar-refractivity contribution in [1.82, 2.24) is 10.2 Å². The molecule has 0 amide bonds. The van der Waals surface area contributed by atoms with Gasteiger partial charge in [0.05, 0.1) is 0 Å². The first-order chi connectivity index (χ1) is 9.76. The van der Waals surface area contributed by atoms with Crippen LogP contribution in [0.5, 0.6) is 0 Å². The van der Waals surface area contributed by atoms with E-state index in [2.05, 4.69) is 36.2 Å². The Hall–Kier alpha value is -2.42. The second kappa shape index (κ2) is 5.29. The maximum absolute atomic E-state index is 5.75. The summed E-state index contributed by atoms with van der Waals surface area (Å²) in [4.78, 5) is 0. The molecule has 0 radical (unpaired) electrons. The van der Waals surface area contributed by atoms with Gasteiger partial charge in [-0.1, -0.05) is 36.8 Å². The molecule has 0 aliphatic carbocycles. The van der Waals surface area contributed by atoms with Crippen molar-refractivity contribution in [3.05, 3.63) is 59.7 Å². The van der Waals surface area contributed by atoms with Crippen molar-refractivity contribution in [3.63, 3.8) is 0 Å². The van der Waals surface area contributed by atoms with Gasteiger partial charge in [0.1, 0.15) is 0 Å². The van der Waals surface area contributed by atoms with E-state index in [-0.39, 0.29) is 0 Å². The highest BCUT2D eigenvalue weighted by atomic mass is 16.4. The first kappa shape index (κ1) is 12.6. The molecule has 0 fully saturated rings. The minimum absolute atomic E-state index is 0.555. The minimum Gasteiger partial charge on any atom is -0.416 e. The molecule has 3 nitrogen and oxygen atoms in total. The van der Waals surface area contributed by atoms with Crippen LogP contribution in [0.2, 0.25) is 0 Å². The number of benzene rings is 2. The van der Waals surface area contributed by atoms with Gasteiger partial charge in [0.25, 0.3) is 0 Å². The van der Waals surface area contributed by atoms with E-state index in [1.807, 2.05) is 36.4 Å². The molecule has 0 aliphatic heterocycles. The number of aryl methyl sites for hydroxylation is 2. The Balaban J connectivity index is 1.91. The third-order valence-corrected chi connectivity index (χ3v) is 3.33. The zero-order valence-electron chi connectivity index (χ0n) is 11.6. The molecule has 20 heavy (non-hydrogen) atoms. The van der Waals surface area contributed by atoms with E-state index in [0.717, 1.165) is 17.5 Å². The summed E-state index contributed by atoms with van der Waals surface area (Å²) < 4.78 is 5.75. The fourth-order valence-corrected chi connectivity index (χ4v) is 2.04. The van der Waals surface area contributed by atoms with Crippen LogP contribution in [0.25, 0.3) is 22.9 Å². The topological polar surface area (TPSA) is 38.9 Å². The molecular formula is C17H16N2O. The van der Waals surface area contributed by atoms with Crippen molar-refractivity contribution in [2.24, 2.45) is 0 Å². The standard InChI is InChI=1S/C17H16N2O/c1-3-13-6-10-15(11-7-13)17-19-18-16(20-17)14-8-4-12(2)5-9-14/h4-11H,3H2,1-2H3. The summed E-state index contributed by atoms with van der Waals surface area (Å²) in [6.07, 6.45) is 1.03. The van der Waals surface area contributed by atoms with Crippen LogP contribution in [0.15, 0.2) is 52.9 Å². The van der Waals surface area contributed by atoms with Crippen LogP contribution in [0.1, 0.15) is 18.1 Å². The van der Waals surface area contributed by atoms with Gasteiger partial charge in [0.15, 0.2) is 0 Å². The van der Waals surface area contributed by atoms with E-state index in [0.29, 0.717) is 11.8 Å². The minimum atomic E-state index is 0.555. The maximum Gasteiger partial charge on any atom is 0.248 e. The van der Waals surface area contributed by atoms with Gasteiger partial charge in [-0.2, -0.15) is 0 Å². The summed E-state index contributed by atoms with van der Waals surface area (Å²) >= 11 is 0. The molecule has 0 bridgehead atoms. The summed E-state index contributed by atoms with van der Waals surface area (Å²) in [5.74, 6) is 1.11. The average Bonchev–Trinajstić information content (AvgIpc) is 2.98. The number of hydrogen-bond donors (Lipinski definition) is 0. The van der Waals surface area contributed by atoms with Gasteiger partial charge in [-0.3, -0.25) is 0 Å².